The molecule has 0 saturated heterocycles. The van der Waals surface area contributed by atoms with Crippen molar-refractivity contribution >= 4 is 51.8 Å². The van der Waals surface area contributed by atoms with Gasteiger partial charge in [0.25, 0.3) is 0 Å². The maximum Gasteiger partial charge on any atom is 0.129 e. The highest BCUT2D eigenvalue weighted by molar-refractivity contribution is 7.99. The largest absolute Gasteiger partial charge is 0.375 e. The lowest BCUT2D eigenvalue weighted by molar-refractivity contribution is 0.729. The molecule has 1 atom stereocenters. The van der Waals surface area contributed by atoms with E-state index < -0.39 is 0 Å². The molecule has 4 rings (SSSR count). The molecule has 0 fully saturated rings. The Kier molecular flexibility index (Phi) is 3.49. The molecular weight excluding hydrogens is 322 g/mol. The summed E-state index contributed by atoms with van der Waals surface area (Å²) in [6.45, 7) is 0. The fraction of sp³-hybridized carbons (Fsp3) is 0.200. The second-order valence-electron chi connectivity index (χ2n) is 4.93. The van der Waals surface area contributed by atoms with Gasteiger partial charge in [0, 0.05) is 10.6 Å². The molecule has 0 amide bonds. The number of hydrogen-bond acceptors (Lipinski definition) is 5. The Labute approximate surface area is 136 Å². The number of rotatable bonds is 2. The van der Waals surface area contributed by atoms with E-state index in [1.807, 2.05) is 23.9 Å². The van der Waals surface area contributed by atoms with Crippen LogP contribution in [0.3, 0.4) is 0 Å². The van der Waals surface area contributed by atoms with Crippen molar-refractivity contribution in [3.05, 3.63) is 47.0 Å². The smallest absolute Gasteiger partial charge is 0.129 e. The van der Waals surface area contributed by atoms with Gasteiger partial charge >= 0.3 is 0 Å². The van der Waals surface area contributed by atoms with Gasteiger partial charge in [-0.3, -0.25) is 0 Å². The van der Waals surface area contributed by atoms with Crippen LogP contribution in [0.25, 0.3) is 11.0 Å². The minimum absolute atomic E-state index is 0.271. The number of nitrogens with one attached hydrogen (secondary N) is 1. The van der Waals surface area contributed by atoms with Crippen LogP contribution in [-0.2, 0) is 0 Å². The SMILES string of the molecule is Clc1ccc2nsnc2c1NC1CCSc2ccccc21. The van der Waals surface area contributed by atoms with Gasteiger partial charge in [-0.2, -0.15) is 8.75 Å². The monoisotopic (exact) mass is 333 g/mol. The molecule has 1 aromatic heterocycles. The highest BCUT2D eigenvalue weighted by atomic mass is 35.5. The van der Waals surface area contributed by atoms with Crippen LogP contribution in [-0.4, -0.2) is 14.5 Å². The average Bonchev–Trinajstić information content (AvgIpc) is 2.99. The fourth-order valence-electron chi connectivity index (χ4n) is 2.63. The topological polar surface area (TPSA) is 37.8 Å². The molecule has 106 valence electrons. The first-order valence-electron chi connectivity index (χ1n) is 6.72. The zero-order valence-corrected chi connectivity index (χ0v) is 13.4. The van der Waals surface area contributed by atoms with Crippen molar-refractivity contribution in [1.82, 2.24) is 8.75 Å². The number of nitrogens with zero attached hydrogens (tertiary/aromatic N) is 2. The molecule has 0 aliphatic carbocycles. The zero-order valence-electron chi connectivity index (χ0n) is 11.0. The first kappa shape index (κ1) is 13.4. The van der Waals surface area contributed by atoms with Gasteiger partial charge in [-0.1, -0.05) is 29.8 Å². The minimum atomic E-state index is 0.271. The first-order valence-corrected chi connectivity index (χ1v) is 8.81. The molecule has 2 aromatic carbocycles. The summed E-state index contributed by atoms with van der Waals surface area (Å²) in [5, 5.41) is 4.29. The Morgan fingerprint density at radius 2 is 2.05 bits per heavy atom. The van der Waals surface area contributed by atoms with Gasteiger partial charge < -0.3 is 5.32 Å². The van der Waals surface area contributed by atoms with Crippen LogP contribution in [0, 0.1) is 0 Å². The molecule has 1 aliphatic heterocycles. The number of benzene rings is 2. The predicted molar refractivity (Wildman–Crippen MR) is 90.6 cm³/mol. The van der Waals surface area contributed by atoms with Gasteiger partial charge in [-0.05, 0) is 30.2 Å². The number of anilines is 1. The molecule has 1 aliphatic rings. The number of thioether (sulfide) groups is 1. The van der Waals surface area contributed by atoms with Crippen LogP contribution in [0.15, 0.2) is 41.3 Å². The van der Waals surface area contributed by atoms with Crippen molar-refractivity contribution in [3.63, 3.8) is 0 Å². The van der Waals surface area contributed by atoms with E-state index in [0.29, 0.717) is 5.02 Å². The van der Waals surface area contributed by atoms with Gasteiger partial charge in [-0.15, -0.1) is 11.8 Å². The van der Waals surface area contributed by atoms with Crippen LogP contribution in [0.1, 0.15) is 18.0 Å². The van der Waals surface area contributed by atoms with E-state index in [-0.39, 0.29) is 6.04 Å². The van der Waals surface area contributed by atoms with Crippen molar-refractivity contribution in [2.24, 2.45) is 0 Å². The van der Waals surface area contributed by atoms with Gasteiger partial charge in [0.05, 0.1) is 28.5 Å². The van der Waals surface area contributed by atoms with Gasteiger partial charge in [0.15, 0.2) is 0 Å². The summed E-state index contributed by atoms with van der Waals surface area (Å²) in [5.41, 5.74) is 3.99. The lowest BCUT2D eigenvalue weighted by atomic mass is 10.0. The van der Waals surface area contributed by atoms with Crippen LogP contribution < -0.4 is 5.32 Å². The first-order chi connectivity index (χ1) is 10.3. The quantitative estimate of drug-likeness (QED) is 0.716. The number of hydrogen-bond donors (Lipinski definition) is 1. The summed E-state index contributed by atoms with van der Waals surface area (Å²) in [5.74, 6) is 1.11. The normalized spacial score (nSPS) is 17.7. The molecule has 0 spiro atoms. The van der Waals surface area contributed by atoms with Crippen molar-refractivity contribution in [3.8, 4) is 0 Å². The second kappa shape index (κ2) is 5.48. The Balaban J connectivity index is 1.76. The molecule has 1 unspecified atom stereocenters. The molecule has 0 bridgehead atoms. The molecule has 0 radical (unpaired) electrons. The molecular formula is C15H12ClN3S2. The van der Waals surface area contributed by atoms with E-state index in [9.17, 15) is 0 Å². The molecule has 3 aromatic rings. The lowest BCUT2D eigenvalue weighted by Crippen LogP contribution is -2.16. The van der Waals surface area contributed by atoms with E-state index in [4.69, 9.17) is 11.6 Å². The van der Waals surface area contributed by atoms with E-state index in [1.165, 1.54) is 22.2 Å². The summed E-state index contributed by atoms with van der Waals surface area (Å²) in [6, 6.07) is 12.6. The third kappa shape index (κ3) is 2.39. The number of fused-ring (bicyclic) bond motifs is 2. The summed E-state index contributed by atoms with van der Waals surface area (Å²) < 4.78 is 8.67. The third-order valence-electron chi connectivity index (χ3n) is 3.65. The maximum absolute atomic E-state index is 6.38. The van der Waals surface area contributed by atoms with Gasteiger partial charge in [0.1, 0.15) is 11.0 Å². The molecule has 1 N–H and O–H groups in total. The average molecular weight is 334 g/mol. The van der Waals surface area contributed by atoms with Crippen molar-refractivity contribution < 1.29 is 0 Å². The van der Waals surface area contributed by atoms with E-state index in [2.05, 4.69) is 38.3 Å². The number of aromatic nitrogens is 2. The molecule has 3 nitrogen and oxygen atoms in total. The number of halogens is 1. The van der Waals surface area contributed by atoms with Crippen molar-refractivity contribution in [1.29, 1.82) is 0 Å². The third-order valence-corrected chi connectivity index (χ3v) is 5.63. The fourth-order valence-corrected chi connectivity index (χ4v) is 4.51. The van der Waals surface area contributed by atoms with Crippen LogP contribution in [0.4, 0.5) is 5.69 Å². The summed E-state index contributed by atoms with van der Waals surface area (Å²) in [4.78, 5) is 1.35. The zero-order chi connectivity index (χ0) is 14.2. The van der Waals surface area contributed by atoms with Crippen LogP contribution in [0.5, 0.6) is 0 Å². The lowest BCUT2D eigenvalue weighted by Gasteiger charge is -2.27. The van der Waals surface area contributed by atoms with Gasteiger partial charge in [-0.25, -0.2) is 0 Å². The summed E-state index contributed by atoms with van der Waals surface area (Å²) >= 11 is 9.51. The van der Waals surface area contributed by atoms with E-state index in [0.717, 1.165) is 28.9 Å². The van der Waals surface area contributed by atoms with Crippen molar-refractivity contribution in [2.75, 3.05) is 11.1 Å². The maximum atomic E-state index is 6.38. The summed E-state index contributed by atoms with van der Waals surface area (Å²) in [7, 11) is 0. The van der Waals surface area contributed by atoms with Gasteiger partial charge in [0.2, 0.25) is 0 Å². The Bertz CT molecular complexity index is 802. The molecule has 0 saturated carbocycles. The second-order valence-corrected chi connectivity index (χ2v) is 7.00. The minimum Gasteiger partial charge on any atom is -0.375 e. The Hall–Kier alpha value is -1.30. The van der Waals surface area contributed by atoms with Crippen LogP contribution >= 0.6 is 35.1 Å². The summed E-state index contributed by atoms with van der Waals surface area (Å²) in [6.07, 6.45) is 1.08. The molecule has 21 heavy (non-hydrogen) atoms. The van der Waals surface area contributed by atoms with Crippen LogP contribution in [0.2, 0.25) is 5.02 Å². The Morgan fingerprint density at radius 1 is 1.14 bits per heavy atom. The molecule has 2 heterocycles. The van der Waals surface area contributed by atoms with E-state index >= 15 is 0 Å². The van der Waals surface area contributed by atoms with E-state index in [1.54, 1.807) is 0 Å². The standard InChI is InChI=1S/C15H12ClN3S2/c16-10-5-6-12-15(19-21-18-12)14(10)17-11-7-8-20-13-4-2-1-3-9(11)13/h1-6,11,17H,7-8H2. The predicted octanol–water partition coefficient (Wildman–Crippen LogP) is 4.99. The Morgan fingerprint density at radius 3 is 3.00 bits per heavy atom. The highest BCUT2D eigenvalue weighted by Gasteiger charge is 2.22. The van der Waals surface area contributed by atoms with Crippen molar-refractivity contribution in [2.45, 2.75) is 17.4 Å². The molecule has 6 heteroatoms. The highest BCUT2D eigenvalue weighted by Crippen LogP contribution is 2.40.